The van der Waals surface area contributed by atoms with E-state index in [0.29, 0.717) is 48.5 Å². The van der Waals surface area contributed by atoms with Crippen LogP contribution in [-0.2, 0) is 25.7 Å². The molecule has 1 aromatic rings. The van der Waals surface area contributed by atoms with Gasteiger partial charge < -0.3 is 9.47 Å². The molecule has 4 heteroatoms. The standard InChI is InChI=1S/C41H62O4/c1-9-13-34(42)45-33-20-21-38(6)31(37(33,4)5)19-22-40(8)32(38)17-16-30-35-29(27(2)3)18-23-41(35,25-24-39(30,40)7)36(43)44-26-28-14-11-10-12-15-28/h10-12,14-15,27,29-33,35H,9,13,16-26H2,1-8H3/t29-,30?,31?,32?,33-,35-,38-,39+,40+,41-/m0/s1. The van der Waals surface area contributed by atoms with Crippen LogP contribution in [0.2, 0.25) is 0 Å². The molecule has 4 nitrogen and oxygen atoms in total. The van der Waals surface area contributed by atoms with Crippen LogP contribution in [0.15, 0.2) is 30.3 Å². The molecule has 0 radical (unpaired) electrons. The second kappa shape index (κ2) is 11.7. The molecule has 250 valence electrons. The molecule has 0 spiro atoms. The molecule has 45 heavy (non-hydrogen) atoms. The second-order valence-electron chi connectivity index (χ2n) is 17.9. The van der Waals surface area contributed by atoms with Crippen LogP contribution in [0, 0.1) is 62.6 Å². The largest absolute Gasteiger partial charge is 0.462 e. The van der Waals surface area contributed by atoms with Crippen molar-refractivity contribution in [1.82, 2.24) is 0 Å². The third kappa shape index (κ3) is 4.95. The lowest BCUT2D eigenvalue weighted by atomic mass is 9.32. The van der Waals surface area contributed by atoms with Gasteiger partial charge in [-0.3, -0.25) is 9.59 Å². The van der Waals surface area contributed by atoms with Gasteiger partial charge in [-0.25, -0.2) is 0 Å². The van der Waals surface area contributed by atoms with Gasteiger partial charge in [0.25, 0.3) is 0 Å². The van der Waals surface area contributed by atoms with Crippen LogP contribution < -0.4 is 0 Å². The van der Waals surface area contributed by atoms with Crippen LogP contribution in [-0.4, -0.2) is 18.0 Å². The Kier molecular flexibility index (Phi) is 8.59. The van der Waals surface area contributed by atoms with Gasteiger partial charge in [0, 0.05) is 11.8 Å². The summed E-state index contributed by atoms with van der Waals surface area (Å²) in [5.74, 6) is 3.41. The smallest absolute Gasteiger partial charge is 0.312 e. The van der Waals surface area contributed by atoms with Gasteiger partial charge in [-0.1, -0.05) is 85.7 Å². The molecule has 0 aliphatic heterocycles. The molecule has 10 atom stereocenters. The maximum absolute atomic E-state index is 14.3. The average Bonchev–Trinajstić information content (AvgIpc) is 3.40. The summed E-state index contributed by atoms with van der Waals surface area (Å²) in [6.45, 7) is 20.0. The molecule has 1 aromatic carbocycles. The molecule has 5 fully saturated rings. The van der Waals surface area contributed by atoms with Gasteiger partial charge in [-0.2, -0.15) is 0 Å². The van der Waals surface area contributed by atoms with E-state index >= 15 is 0 Å². The van der Waals surface area contributed by atoms with Gasteiger partial charge in [0.15, 0.2) is 0 Å². The number of carbonyl (C=O) groups excluding carboxylic acids is 2. The highest BCUT2D eigenvalue weighted by Crippen LogP contribution is 2.77. The van der Waals surface area contributed by atoms with E-state index in [-0.39, 0.29) is 45.1 Å². The number of fused-ring (bicyclic) bond motifs is 7. The van der Waals surface area contributed by atoms with Gasteiger partial charge in [-0.05, 0) is 128 Å². The average molecular weight is 619 g/mol. The molecule has 0 bridgehead atoms. The van der Waals surface area contributed by atoms with Crippen LogP contribution in [0.25, 0.3) is 0 Å². The molecule has 0 saturated heterocycles. The predicted octanol–water partition coefficient (Wildman–Crippen LogP) is 10.2. The first-order chi connectivity index (χ1) is 21.2. The number of rotatable bonds is 7. The first-order valence-electron chi connectivity index (χ1n) is 18.7. The highest BCUT2D eigenvalue weighted by atomic mass is 16.5. The van der Waals surface area contributed by atoms with Crippen molar-refractivity contribution in [1.29, 1.82) is 0 Å². The van der Waals surface area contributed by atoms with Crippen molar-refractivity contribution in [2.45, 2.75) is 145 Å². The lowest BCUT2D eigenvalue weighted by Crippen LogP contribution is -2.67. The van der Waals surface area contributed by atoms with Crippen molar-refractivity contribution in [3.63, 3.8) is 0 Å². The molecular weight excluding hydrogens is 556 g/mol. The van der Waals surface area contributed by atoms with Gasteiger partial charge in [0.2, 0.25) is 0 Å². The maximum Gasteiger partial charge on any atom is 0.312 e. The molecule has 5 aliphatic carbocycles. The van der Waals surface area contributed by atoms with Crippen molar-refractivity contribution in [3.05, 3.63) is 35.9 Å². The Morgan fingerprint density at radius 2 is 1.56 bits per heavy atom. The van der Waals surface area contributed by atoms with Crippen molar-refractivity contribution in [3.8, 4) is 0 Å². The Bertz CT molecular complexity index is 1250. The number of benzene rings is 1. The number of carbonyl (C=O) groups is 2. The third-order valence-electron chi connectivity index (χ3n) is 15.6. The Balaban J connectivity index is 1.28. The highest BCUT2D eigenvalue weighted by Gasteiger charge is 2.72. The van der Waals surface area contributed by atoms with Crippen molar-refractivity contribution in [2.75, 3.05) is 0 Å². The summed E-state index contributed by atoms with van der Waals surface area (Å²) >= 11 is 0. The van der Waals surface area contributed by atoms with E-state index in [4.69, 9.17) is 9.47 Å². The first kappa shape index (κ1) is 33.1. The van der Waals surface area contributed by atoms with E-state index in [0.717, 1.165) is 50.5 Å². The quantitative estimate of drug-likeness (QED) is 0.285. The normalized spacial score (nSPS) is 43.4. The minimum Gasteiger partial charge on any atom is -0.462 e. The number of ether oxygens (including phenoxy) is 2. The van der Waals surface area contributed by atoms with Crippen LogP contribution in [0.1, 0.15) is 138 Å². The fourth-order valence-electron chi connectivity index (χ4n) is 13.2. The lowest BCUT2D eigenvalue weighted by molar-refractivity contribution is -0.252. The highest BCUT2D eigenvalue weighted by molar-refractivity contribution is 5.78. The van der Waals surface area contributed by atoms with Gasteiger partial charge in [0.1, 0.15) is 12.7 Å². The molecule has 5 aliphatic rings. The zero-order chi connectivity index (χ0) is 32.4. The van der Waals surface area contributed by atoms with Gasteiger partial charge in [-0.15, -0.1) is 0 Å². The molecule has 0 heterocycles. The zero-order valence-corrected chi connectivity index (χ0v) is 29.8. The Morgan fingerprint density at radius 1 is 0.822 bits per heavy atom. The summed E-state index contributed by atoms with van der Waals surface area (Å²) in [7, 11) is 0. The Morgan fingerprint density at radius 3 is 2.24 bits per heavy atom. The fraction of sp³-hybridized carbons (Fsp3) is 0.805. The van der Waals surface area contributed by atoms with E-state index in [2.05, 4.69) is 67.5 Å². The molecule has 0 amide bonds. The number of hydrogen-bond donors (Lipinski definition) is 0. The van der Waals surface area contributed by atoms with E-state index < -0.39 is 0 Å². The minimum absolute atomic E-state index is 0.0166. The second-order valence-corrected chi connectivity index (χ2v) is 17.9. The van der Waals surface area contributed by atoms with Gasteiger partial charge >= 0.3 is 11.9 Å². The predicted molar refractivity (Wildman–Crippen MR) is 180 cm³/mol. The summed E-state index contributed by atoms with van der Waals surface area (Å²) in [5, 5.41) is 0. The summed E-state index contributed by atoms with van der Waals surface area (Å²) in [6, 6.07) is 10.2. The summed E-state index contributed by atoms with van der Waals surface area (Å²) in [4.78, 5) is 26.9. The molecule has 0 N–H and O–H groups in total. The summed E-state index contributed by atoms with van der Waals surface area (Å²) in [6.07, 6.45) is 12.7. The molecule has 0 aromatic heterocycles. The van der Waals surface area contributed by atoms with Crippen LogP contribution in [0.3, 0.4) is 0 Å². The van der Waals surface area contributed by atoms with Crippen molar-refractivity contribution in [2.24, 2.45) is 62.6 Å². The fourth-order valence-corrected chi connectivity index (χ4v) is 13.2. The Hall–Kier alpha value is -1.84. The van der Waals surface area contributed by atoms with E-state index in [9.17, 15) is 9.59 Å². The molecule has 5 saturated carbocycles. The zero-order valence-electron chi connectivity index (χ0n) is 29.8. The summed E-state index contributed by atoms with van der Waals surface area (Å²) < 4.78 is 12.4. The third-order valence-corrected chi connectivity index (χ3v) is 15.6. The van der Waals surface area contributed by atoms with E-state index in [1.165, 1.54) is 25.7 Å². The van der Waals surface area contributed by atoms with Crippen molar-refractivity contribution < 1.29 is 19.1 Å². The monoisotopic (exact) mass is 618 g/mol. The minimum atomic E-state index is -0.333. The van der Waals surface area contributed by atoms with E-state index in [1.807, 2.05) is 18.2 Å². The van der Waals surface area contributed by atoms with Crippen LogP contribution in [0.4, 0.5) is 0 Å². The first-order valence-corrected chi connectivity index (χ1v) is 18.7. The molecule has 6 rings (SSSR count). The maximum atomic E-state index is 14.3. The molecule has 3 unspecified atom stereocenters. The lowest BCUT2D eigenvalue weighted by Gasteiger charge is -2.72. The Labute approximate surface area is 274 Å². The van der Waals surface area contributed by atoms with Gasteiger partial charge in [0.05, 0.1) is 5.41 Å². The topological polar surface area (TPSA) is 52.6 Å². The van der Waals surface area contributed by atoms with E-state index in [1.54, 1.807) is 0 Å². The number of hydrogen-bond acceptors (Lipinski definition) is 4. The number of esters is 2. The van der Waals surface area contributed by atoms with Crippen LogP contribution >= 0.6 is 0 Å². The summed E-state index contributed by atoms with van der Waals surface area (Å²) in [5.41, 5.74) is 1.42. The SMILES string of the molecule is CCCC(=O)O[C@H]1CC[C@@]2(C)C(CC[C@]3(C)C2CCC2[C@@H]4[C@H](C(C)C)CC[C@]4(C(=O)OCc4ccccc4)CC[C@]23C)C1(C)C. The van der Waals surface area contributed by atoms with Crippen molar-refractivity contribution >= 4 is 11.9 Å². The molecular formula is C41H62O4. The van der Waals surface area contributed by atoms with Crippen LogP contribution in [0.5, 0.6) is 0 Å².